The van der Waals surface area contributed by atoms with Gasteiger partial charge < -0.3 is 15.0 Å². The summed E-state index contributed by atoms with van der Waals surface area (Å²) in [7, 11) is 2.90. The van der Waals surface area contributed by atoms with Crippen molar-refractivity contribution >= 4 is 41.0 Å². The molecule has 10 nitrogen and oxygen atoms in total. The monoisotopic (exact) mass is 532 g/mol. The van der Waals surface area contributed by atoms with Gasteiger partial charge in [0.1, 0.15) is 5.82 Å². The Labute approximate surface area is 217 Å². The molecule has 0 unspecified atom stereocenters. The number of nitrogens with one attached hydrogen (secondary N) is 1. The molecule has 36 heavy (non-hydrogen) atoms. The fraction of sp³-hybridized carbons (Fsp3) is 0.375. The normalized spacial score (nSPS) is 15.1. The first-order valence-corrected chi connectivity index (χ1v) is 12.1. The molecule has 0 spiro atoms. The average Bonchev–Trinajstić information content (AvgIpc) is 3.21. The van der Waals surface area contributed by atoms with Crippen LogP contribution in [0.3, 0.4) is 0 Å². The number of amides is 1. The minimum atomic E-state index is -0.612. The summed E-state index contributed by atoms with van der Waals surface area (Å²) in [6, 6.07) is 5.90. The summed E-state index contributed by atoms with van der Waals surface area (Å²) in [6.07, 6.45) is 0.303. The number of methoxy groups -OCH3 is 1. The van der Waals surface area contributed by atoms with Crippen LogP contribution in [0.25, 0.3) is 5.82 Å². The molecule has 0 radical (unpaired) electrons. The molecule has 4 rings (SSSR count). The first kappa shape index (κ1) is 25.7. The second kappa shape index (κ2) is 9.94. The largest absolute Gasteiger partial charge is 0.464 e. The zero-order valence-electron chi connectivity index (χ0n) is 20.5. The lowest BCUT2D eigenvalue weighted by Gasteiger charge is -2.34. The van der Waals surface area contributed by atoms with E-state index in [2.05, 4.69) is 10.4 Å². The van der Waals surface area contributed by atoms with Gasteiger partial charge in [-0.3, -0.25) is 14.3 Å². The van der Waals surface area contributed by atoms with E-state index in [1.165, 1.54) is 28.5 Å². The lowest BCUT2D eigenvalue weighted by molar-refractivity contribution is 0.0592. The second-order valence-electron chi connectivity index (χ2n) is 8.92. The number of benzene rings is 1. The van der Waals surface area contributed by atoms with Gasteiger partial charge in [-0.25, -0.2) is 14.3 Å². The van der Waals surface area contributed by atoms with E-state index in [4.69, 9.17) is 32.9 Å². The number of aromatic nitrogens is 4. The van der Waals surface area contributed by atoms with E-state index in [-0.39, 0.29) is 41.7 Å². The Morgan fingerprint density at radius 2 is 1.92 bits per heavy atom. The van der Waals surface area contributed by atoms with Crippen molar-refractivity contribution in [1.82, 2.24) is 24.2 Å². The molecule has 1 atom stereocenters. The summed E-state index contributed by atoms with van der Waals surface area (Å²) in [5.41, 5.74) is 1.17. The number of ether oxygens (including phenoxy) is 1. The topological polar surface area (TPSA) is 111 Å². The SMILES string of the molecule is COC(=O)c1cc(-n2c(NC(C)C)nc3c(c2=O)C[C@@H](C)N(C(=O)c2ccc(Cl)c(Cl)c2)C3)n(C)n1. The van der Waals surface area contributed by atoms with Gasteiger partial charge >= 0.3 is 5.97 Å². The van der Waals surface area contributed by atoms with Gasteiger partial charge in [0.25, 0.3) is 11.5 Å². The molecule has 12 heteroatoms. The first-order chi connectivity index (χ1) is 17.0. The molecule has 1 aliphatic heterocycles. The number of esters is 1. The van der Waals surface area contributed by atoms with Crippen LogP contribution in [-0.4, -0.2) is 55.3 Å². The van der Waals surface area contributed by atoms with Crippen LogP contribution in [0, 0.1) is 0 Å². The van der Waals surface area contributed by atoms with E-state index in [1.54, 1.807) is 24.1 Å². The summed E-state index contributed by atoms with van der Waals surface area (Å²) >= 11 is 12.1. The van der Waals surface area contributed by atoms with Gasteiger partial charge in [0.15, 0.2) is 5.69 Å². The van der Waals surface area contributed by atoms with Gasteiger partial charge in [-0.05, 0) is 45.4 Å². The quantitative estimate of drug-likeness (QED) is 0.500. The molecule has 1 aromatic carbocycles. The van der Waals surface area contributed by atoms with E-state index in [9.17, 15) is 14.4 Å². The highest BCUT2D eigenvalue weighted by Gasteiger charge is 2.32. The standard InChI is InChI=1S/C24H26Cl2N6O4/c1-12(2)27-24-28-19-11-31(21(33)14-6-7-16(25)17(26)9-14)13(3)8-15(19)22(34)32(24)20-10-18(23(35)36-5)29-30(20)4/h6-7,9-10,12-13H,8,11H2,1-5H3,(H,27,28)/t13-/m1/s1. The summed E-state index contributed by atoms with van der Waals surface area (Å²) in [6.45, 7) is 5.86. The number of rotatable bonds is 5. The van der Waals surface area contributed by atoms with Gasteiger partial charge in [-0.2, -0.15) is 5.10 Å². The summed E-state index contributed by atoms with van der Waals surface area (Å²) in [5.74, 6) is -0.199. The number of fused-ring (bicyclic) bond motifs is 1. The van der Waals surface area contributed by atoms with Gasteiger partial charge in [0, 0.05) is 36.3 Å². The Morgan fingerprint density at radius 3 is 2.56 bits per heavy atom. The van der Waals surface area contributed by atoms with Crippen molar-refractivity contribution in [3.63, 3.8) is 0 Å². The van der Waals surface area contributed by atoms with E-state index in [1.807, 2.05) is 20.8 Å². The zero-order valence-corrected chi connectivity index (χ0v) is 22.0. The second-order valence-corrected chi connectivity index (χ2v) is 9.73. The average molecular weight is 533 g/mol. The van der Waals surface area contributed by atoms with Crippen molar-refractivity contribution in [1.29, 1.82) is 0 Å². The zero-order chi connectivity index (χ0) is 26.3. The summed E-state index contributed by atoms with van der Waals surface area (Å²) in [5, 5.41) is 8.04. The molecule has 3 heterocycles. The number of nitrogens with zero attached hydrogens (tertiary/aromatic N) is 5. The lowest BCUT2D eigenvalue weighted by atomic mass is 9.98. The predicted molar refractivity (Wildman–Crippen MR) is 136 cm³/mol. The maximum atomic E-state index is 13.8. The third-order valence-corrected chi connectivity index (χ3v) is 6.68. The van der Waals surface area contributed by atoms with Gasteiger partial charge in [0.05, 0.1) is 29.4 Å². The molecule has 3 aromatic rings. The first-order valence-electron chi connectivity index (χ1n) is 11.3. The number of hydrogen-bond donors (Lipinski definition) is 1. The molecule has 190 valence electrons. The van der Waals surface area contributed by atoms with Crippen molar-refractivity contribution in [2.75, 3.05) is 12.4 Å². The Morgan fingerprint density at radius 1 is 1.19 bits per heavy atom. The number of hydrogen-bond acceptors (Lipinski definition) is 7. The lowest BCUT2D eigenvalue weighted by Crippen LogP contribution is -2.46. The van der Waals surface area contributed by atoms with Crippen LogP contribution in [-0.2, 0) is 24.8 Å². The molecule has 0 bridgehead atoms. The number of carbonyl (C=O) groups is 2. The predicted octanol–water partition coefficient (Wildman–Crippen LogP) is 3.47. The number of anilines is 1. The number of aryl methyl sites for hydroxylation is 1. The minimum absolute atomic E-state index is 0.0500. The van der Waals surface area contributed by atoms with Crippen LogP contribution in [0.15, 0.2) is 29.1 Å². The van der Waals surface area contributed by atoms with Crippen LogP contribution >= 0.6 is 23.2 Å². The maximum Gasteiger partial charge on any atom is 0.358 e. The fourth-order valence-electron chi connectivity index (χ4n) is 4.16. The van der Waals surface area contributed by atoms with Crippen molar-refractivity contribution in [2.45, 2.75) is 45.8 Å². The molecule has 0 fully saturated rings. The number of halogens is 2. The van der Waals surface area contributed by atoms with Crippen LogP contribution in [0.5, 0.6) is 0 Å². The Kier molecular flexibility index (Phi) is 7.10. The van der Waals surface area contributed by atoms with Crippen molar-refractivity contribution < 1.29 is 14.3 Å². The smallest absolute Gasteiger partial charge is 0.358 e. The van der Waals surface area contributed by atoms with E-state index in [0.29, 0.717) is 39.1 Å². The molecule has 0 aliphatic carbocycles. The van der Waals surface area contributed by atoms with E-state index < -0.39 is 5.97 Å². The summed E-state index contributed by atoms with van der Waals surface area (Å²) < 4.78 is 7.60. The molecular formula is C24H26Cl2N6O4. The van der Waals surface area contributed by atoms with E-state index in [0.717, 1.165) is 0 Å². The van der Waals surface area contributed by atoms with Crippen molar-refractivity contribution in [3.05, 3.63) is 67.2 Å². The van der Waals surface area contributed by atoms with Crippen LogP contribution in [0.2, 0.25) is 10.0 Å². The van der Waals surface area contributed by atoms with Gasteiger partial charge in [-0.1, -0.05) is 23.2 Å². The molecular weight excluding hydrogens is 507 g/mol. The van der Waals surface area contributed by atoms with Crippen molar-refractivity contribution in [2.24, 2.45) is 7.05 Å². The Bertz CT molecular complexity index is 1410. The minimum Gasteiger partial charge on any atom is -0.464 e. The highest BCUT2D eigenvalue weighted by Crippen LogP contribution is 2.27. The Hall–Kier alpha value is -3.37. The highest BCUT2D eigenvalue weighted by molar-refractivity contribution is 6.42. The van der Waals surface area contributed by atoms with Crippen molar-refractivity contribution in [3.8, 4) is 5.82 Å². The molecule has 1 aliphatic rings. The van der Waals surface area contributed by atoms with Crippen LogP contribution < -0.4 is 10.9 Å². The summed E-state index contributed by atoms with van der Waals surface area (Å²) in [4.78, 5) is 45.5. The third kappa shape index (κ3) is 4.70. The molecule has 2 aromatic heterocycles. The highest BCUT2D eigenvalue weighted by atomic mass is 35.5. The maximum absolute atomic E-state index is 13.8. The molecule has 1 N–H and O–H groups in total. The van der Waals surface area contributed by atoms with E-state index >= 15 is 0 Å². The van der Waals surface area contributed by atoms with Crippen LogP contribution in [0.1, 0.15) is 52.9 Å². The van der Waals surface area contributed by atoms with Gasteiger partial charge in [-0.15, -0.1) is 0 Å². The molecule has 0 saturated heterocycles. The third-order valence-electron chi connectivity index (χ3n) is 5.94. The molecule has 1 amide bonds. The number of carbonyl (C=O) groups excluding carboxylic acids is 2. The fourth-order valence-corrected chi connectivity index (χ4v) is 4.46. The molecule has 0 saturated carbocycles. The van der Waals surface area contributed by atoms with Crippen LogP contribution in [0.4, 0.5) is 5.95 Å². The van der Waals surface area contributed by atoms with Gasteiger partial charge in [0.2, 0.25) is 5.95 Å². The Balaban J connectivity index is 1.80.